The number of carbonyl (C=O) groups excluding carboxylic acids is 1. The van der Waals surface area contributed by atoms with E-state index >= 15 is 0 Å². The van der Waals surface area contributed by atoms with Gasteiger partial charge in [0.15, 0.2) is 0 Å². The molecule has 0 fully saturated rings. The van der Waals surface area contributed by atoms with Crippen LogP contribution >= 0.6 is 24.0 Å². The fourth-order valence-corrected chi connectivity index (χ4v) is 1.67. The van der Waals surface area contributed by atoms with Gasteiger partial charge in [-0.15, -0.1) is 12.4 Å². The smallest absolute Gasteiger partial charge is 0.304 e. The summed E-state index contributed by atoms with van der Waals surface area (Å²) in [5, 5.41) is 11.9. The molecule has 0 heterocycles. The molecule has 7 heteroatoms. The standard InChI is InChI=1S/C13H17ClN2O3.ClH/c1-9(16(2)7-6-12(17)18)13(19)15-11-5-3-4-10(14)8-11;/h3-5,8-9H,6-7H2,1-2H3,(H,15,19)(H,17,18);1H. The number of benzene rings is 1. The molecule has 0 spiro atoms. The van der Waals surface area contributed by atoms with Crippen LogP contribution in [0.15, 0.2) is 24.3 Å². The maximum Gasteiger partial charge on any atom is 0.304 e. The second kappa shape index (κ2) is 8.79. The highest BCUT2D eigenvalue weighted by atomic mass is 35.5. The van der Waals surface area contributed by atoms with E-state index in [1.54, 1.807) is 43.1 Å². The average molecular weight is 321 g/mol. The molecule has 0 aliphatic carbocycles. The van der Waals surface area contributed by atoms with E-state index in [0.717, 1.165) is 0 Å². The summed E-state index contributed by atoms with van der Waals surface area (Å²) in [6, 6.07) is 6.45. The summed E-state index contributed by atoms with van der Waals surface area (Å²) in [4.78, 5) is 24.1. The molecule has 20 heavy (non-hydrogen) atoms. The van der Waals surface area contributed by atoms with E-state index in [0.29, 0.717) is 17.3 Å². The van der Waals surface area contributed by atoms with Crippen LogP contribution in [-0.2, 0) is 9.59 Å². The van der Waals surface area contributed by atoms with Crippen LogP contribution in [0.2, 0.25) is 5.02 Å². The number of anilines is 1. The van der Waals surface area contributed by atoms with Gasteiger partial charge in [-0.3, -0.25) is 14.5 Å². The molecule has 2 N–H and O–H groups in total. The van der Waals surface area contributed by atoms with Crippen LogP contribution in [0, 0.1) is 0 Å². The lowest BCUT2D eigenvalue weighted by molar-refractivity contribution is -0.137. The third-order valence-corrected chi connectivity index (χ3v) is 3.05. The van der Waals surface area contributed by atoms with Gasteiger partial charge in [-0.25, -0.2) is 0 Å². The highest BCUT2D eigenvalue weighted by Gasteiger charge is 2.18. The van der Waals surface area contributed by atoms with Gasteiger partial charge in [0, 0.05) is 17.3 Å². The van der Waals surface area contributed by atoms with Crippen molar-refractivity contribution in [2.75, 3.05) is 18.9 Å². The molecule has 0 aliphatic heterocycles. The summed E-state index contributed by atoms with van der Waals surface area (Å²) in [6.45, 7) is 2.04. The van der Waals surface area contributed by atoms with Gasteiger partial charge < -0.3 is 10.4 Å². The zero-order chi connectivity index (χ0) is 14.4. The molecule has 5 nitrogen and oxygen atoms in total. The van der Waals surface area contributed by atoms with Gasteiger partial charge in [0.1, 0.15) is 0 Å². The number of hydrogen-bond donors (Lipinski definition) is 2. The zero-order valence-electron chi connectivity index (χ0n) is 11.3. The minimum absolute atomic E-state index is 0. The lowest BCUT2D eigenvalue weighted by Gasteiger charge is -2.23. The molecule has 1 aromatic rings. The first-order valence-corrected chi connectivity index (χ1v) is 6.26. The largest absolute Gasteiger partial charge is 0.481 e. The lowest BCUT2D eigenvalue weighted by Crippen LogP contribution is -2.40. The number of likely N-dealkylation sites (N-methyl/N-ethyl adjacent to an activating group) is 1. The highest BCUT2D eigenvalue weighted by Crippen LogP contribution is 2.15. The average Bonchev–Trinajstić information content (AvgIpc) is 2.34. The van der Waals surface area contributed by atoms with Gasteiger partial charge in [-0.2, -0.15) is 0 Å². The Bertz CT molecular complexity index is 469. The number of aliphatic carboxylic acids is 1. The Labute approximate surface area is 129 Å². The van der Waals surface area contributed by atoms with E-state index in [1.165, 1.54) is 0 Å². The van der Waals surface area contributed by atoms with E-state index in [1.807, 2.05) is 0 Å². The van der Waals surface area contributed by atoms with Crippen molar-refractivity contribution in [3.05, 3.63) is 29.3 Å². The molecule has 0 aliphatic rings. The fraction of sp³-hybridized carbons (Fsp3) is 0.385. The number of nitrogens with zero attached hydrogens (tertiary/aromatic N) is 1. The van der Waals surface area contributed by atoms with Crippen LogP contribution in [-0.4, -0.2) is 41.5 Å². The molecule has 0 radical (unpaired) electrons. The summed E-state index contributed by atoms with van der Waals surface area (Å²) < 4.78 is 0. The quantitative estimate of drug-likeness (QED) is 0.845. The van der Waals surface area contributed by atoms with Crippen LogP contribution in [0.4, 0.5) is 5.69 Å². The first-order valence-electron chi connectivity index (χ1n) is 5.88. The fourth-order valence-electron chi connectivity index (χ4n) is 1.48. The normalized spacial score (nSPS) is 11.6. The topological polar surface area (TPSA) is 69.6 Å². The van der Waals surface area contributed by atoms with Crippen molar-refractivity contribution in [3.8, 4) is 0 Å². The second-order valence-corrected chi connectivity index (χ2v) is 4.74. The summed E-state index contributed by atoms with van der Waals surface area (Å²) in [6.07, 6.45) is 0.00524. The molecule has 0 aromatic heterocycles. The number of amides is 1. The number of halogens is 2. The minimum Gasteiger partial charge on any atom is -0.481 e. The molecule has 1 aromatic carbocycles. The first-order chi connectivity index (χ1) is 8.90. The second-order valence-electron chi connectivity index (χ2n) is 4.30. The Morgan fingerprint density at radius 2 is 2.10 bits per heavy atom. The molecule has 0 bridgehead atoms. The van der Waals surface area contributed by atoms with Crippen LogP contribution in [0.25, 0.3) is 0 Å². The van der Waals surface area contributed by atoms with Crippen LogP contribution < -0.4 is 5.32 Å². The Kier molecular flexibility index (Phi) is 8.22. The molecular weight excluding hydrogens is 303 g/mol. The SMILES string of the molecule is CC(C(=O)Nc1cccc(Cl)c1)N(C)CCC(=O)O.Cl. The van der Waals surface area contributed by atoms with Crippen molar-refractivity contribution < 1.29 is 14.7 Å². The predicted octanol–water partition coefficient (Wildman–Crippen LogP) is 2.50. The maximum atomic E-state index is 12.0. The molecule has 1 atom stereocenters. The van der Waals surface area contributed by atoms with Gasteiger partial charge in [0.2, 0.25) is 5.91 Å². The maximum absolute atomic E-state index is 12.0. The van der Waals surface area contributed by atoms with Crippen molar-refractivity contribution in [2.45, 2.75) is 19.4 Å². The van der Waals surface area contributed by atoms with Crippen molar-refractivity contribution in [1.29, 1.82) is 0 Å². The van der Waals surface area contributed by atoms with Gasteiger partial charge in [-0.1, -0.05) is 17.7 Å². The zero-order valence-corrected chi connectivity index (χ0v) is 12.9. The Balaban J connectivity index is 0.00000361. The number of carboxylic acid groups (broad SMARTS) is 1. The summed E-state index contributed by atoms with van der Waals surface area (Å²) >= 11 is 5.83. The number of carbonyl (C=O) groups is 2. The van der Waals surface area contributed by atoms with Gasteiger partial charge in [-0.05, 0) is 32.2 Å². The van der Waals surface area contributed by atoms with E-state index in [4.69, 9.17) is 16.7 Å². The van der Waals surface area contributed by atoms with Crippen LogP contribution in [0.5, 0.6) is 0 Å². The van der Waals surface area contributed by atoms with E-state index in [2.05, 4.69) is 5.32 Å². The van der Waals surface area contributed by atoms with Crippen molar-refractivity contribution in [3.63, 3.8) is 0 Å². The molecule has 0 saturated carbocycles. The van der Waals surface area contributed by atoms with E-state index in [9.17, 15) is 9.59 Å². The van der Waals surface area contributed by atoms with Gasteiger partial charge >= 0.3 is 5.97 Å². The number of nitrogens with one attached hydrogen (secondary N) is 1. The number of carboxylic acids is 1. The molecule has 112 valence electrons. The molecule has 1 unspecified atom stereocenters. The number of hydrogen-bond acceptors (Lipinski definition) is 3. The third kappa shape index (κ3) is 6.23. The first kappa shape index (κ1) is 18.7. The van der Waals surface area contributed by atoms with Crippen molar-refractivity contribution in [2.24, 2.45) is 0 Å². The van der Waals surface area contributed by atoms with Crippen molar-refractivity contribution >= 4 is 41.6 Å². The monoisotopic (exact) mass is 320 g/mol. The molecular formula is C13H18Cl2N2O3. The summed E-state index contributed by atoms with van der Waals surface area (Å²) in [7, 11) is 1.71. The summed E-state index contributed by atoms with van der Waals surface area (Å²) in [5.41, 5.74) is 0.621. The summed E-state index contributed by atoms with van der Waals surface area (Å²) in [5.74, 6) is -1.08. The Morgan fingerprint density at radius 3 is 2.65 bits per heavy atom. The Hall–Kier alpha value is -1.30. The Morgan fingerprint density at radius 1 is 1.45 bits per heavy atom. The predicted molar refractivity (Wildman–Crippen MR) is 81.7 cm³/mol. The van der Waals surface area contributed by atoms with Crippen LogP contribution in [0.1, 0.15) is 13.3 Å². The minimum atomic E-state index is -0.880. The highest BCUT2D eigenvalue weighted by molar-refractivity contribution is 6.30. The number of rotatable bonds is 6. The molecule has 1 rings (SSSR count). The lowest BCUT2D eigenvalue weighted by atomic mass is 10.2. The van der Waals surface area contributed by atoms with Crippen LogP contribution in [0.3, 0.4) is 0 Å². The van der Waals surface area contributed by atoms with Gasteiger partial charge in [0.05, 0.1) is 12.5 Å². The van der Waals surface area contributed by atoms with Crippen molar-refractivity contribution in [1.82, 2.24) is 4.90 Å². The van der Waals surface area contributed by atoms with E-state index < -0.39 is 12.0 Å². The van der Waals surface area contributed by atoms with E-state index in [-0.39, 0.29) is 24.7 Å². The molecule has 0 saturated heterocycles. The molecule has 1 amide bonds. The third-order valence-electron chi connectivity index (χ3n) is 2.81. The van der Waals surface area contributed by atoms with Gasteiger partial charge in [0.25, 0.3) is 0 Å².